The Morgan fingerprint density at radius 1 is 1.38 bits per heavy atom. The minimum Gasteiger partial charge on any atom is -0.478 e. The Morgan fingerprint density at radius 2 is 1.75 bits per heavy atom. The molecule has 0 spiro atoms. The molecule has 3 N–H and O–H groups in total. The van der Waals surface area contributed by atoms with Crippen LogP contribution in [0.25, 0.3) is 0 Å². The fraction of sp³-hybridized carbons (Fsp3) is 0.600. The van der Waals surface area contributed by atoms with E-state index in [0.29, 0.717) is 6.54 Å². The summed E-state index contributed by atoms with van der Waals surface area (Å²) >= 11 is 0. The van der Waals surface area contributed by atoms with Gasteiger partial charge in [0.2, 0.25) is 0 Å². The van der Waals surface area contributed by atoms with E-state index in [4.69, 9.17) is 15.3 Å². The number of rotatable bonds is 4. The molecular weight excluding hydrogens is 214 g/mol. The van der Waals surface area contributed by atoms with Gasteiger partial charge in [-0.3, -0.25) is 0 Å². The van der Waals surface area contributed by atoms with E-state index in [9.17, 15) is 9.59 Å². The van der Waals surface area contributed by atoms with E-state index in [1.807, 2.05) is 0 Å². The van der Waals surface area contributed by atoms with Gasteiger partial charge in [-0.2, -0.15) is 0 Å². The van der Waals surface area contributed by atoms with E-state index >= 15 is 0 Å². The van der Waals surface area contributed by atoms with Crippen molar-refractivity contribution in [3.63, 3.8) is 0 Å². The fourth-order valence-electron chi connectivity index (χ4n) is 0.661. The molecule has 0 heterocycles. The second-order valence-corrected chi connectivity index (χ2v) is 3.26. The molecule has 0 radical (unpaired) electrons. The molecule has 0 fully saturated rings. The summed E-state index contributed by atoms with van der Waals surface area (Å²) in [6.45, 7) is 8.50. The Labute approximate surface area is 94.8 Å². The normalized spacial score (nSPS) is 10.8. The zero-order valence-electron chi connectivity index (χ0n) is 9.80. The number of aliphatic hydroxyl groups excluding tert-OH is 1. The van der Waals surface area contributed by atoms with Gasteiger partial charge in [0.15, 0.2) is 0 Å². The lowest BCUT2D eigenvalue weighted by molar-refractivity contribution is -0.132. The maximum atomic E-state index is 10.3. The average Bonchev–Trinajstić information content (AvgIpc) is 2.14. The predicted octanol–water partition coefficient (Wildman–Crippen LogP) is 1.01. The van der Waals surface area contributed by atoms with Gasteiger partial charge in [0.05, 0.1) is 6.10 Å². The van der Waals surface area contributed by atoms with Crippen molar-refractivity contribution in [3.8, 4) is 0 Å². The molecule has 16 heavy (non-hydrogen) atoms. The molecule has 0 aromatic heterocycles. The Balaban J connectivity index is 0. The van der Waals surface area contributed by atoms with Gasteiger partial charge >= 0.3 is 12.1 Å². The molecule has 1 amide bonds. The van der Waals surface area contributed by atoms with Crippen LogP contribution in [0.3, 0.4) is 0 Å². The van der Waals surface area contributed by atoms with Crippen molar-refractivity contribution in [3.05, 3.63) is 12.2 Å². The third-order valence-electron chi connectivity index (χ3n) is 1.50. The van der Waals surface area contributed by atoms with E-state index in [-0.39, 0.29) is 12.1 Å². The van der Waals surface area contributed by atoms with E-state index in [1.54, 1.807) is 13.8 Å². The van der Waals surface area contributed by atoms with Gasteiger partial charge in [0.25, 0.3) is 0 Å². The van der Waals surface area contributed by atoms with Gasteiger partial charge in [0, 0.05) is 18.7 Å². The zero-order chi connectivity index (χ0) is 13.3. The number of carbonyl (C=O) groups is 2. The average molecular weight is 233 g/mol. The highest BCUT2D eigenvalue weighted by molar-refractivity contribution is 5.84. The summed E-state index contributed by atoms with van der Waals surface area (Å²) in [6.07, 6.45) is -1.57. The van der Waals surface area contributed by atoms with Crippen LogP contribution in [0.15, 0.2) is 12.2 Å². The number of aliphatic hydroxyl groups is 1. The molecule has 0 aromatic rings. The first kappa shape index (κ1) is 16.9. The molecular formula is C10H19NO5. The maximum Gasteiger partial charge on any atom is 0.407 e. The number of nitrogens with zero attached hydrogens (tertiary/aromatic N) is 1. The lowest BCUT2D eigenvalue weighted by Gasteiger charge is -2.17. The number of hydrogen-bond acceptors (Lipinski definition) is 3. The topological polar surface area (TPSA) is 98.1 Å². The summed E-state index contributed by atoms with van der Waals surface area (Å²) in [4.78, 5) is 21.0. The van der Waals surface area contributed by atoms with E-state index in [0.717, 1.165) is 4.90 Å². The number of carboxylic acids is 1. The van der Waals surface area contributed by atoms with Crippen LogP contribution in [0, 0.1) is 0 Å². The molecule has 0 aliphatic carbocycles. The summed E-state index contributed by atoms with van der Waals surface area (Å²) in [5.74, 6) is -0.935. The van der Waals surface area contributed by atoms with Crippen LogP contribution in [-0.4, -0.2) is 51.5 Å². The zero-order valence-corrected chi connectivity index (χ0v) is 9.80. The van der Waals surface area contributed by atoms with Crippen LogP contribution in [0.5, 0.6) is 0 Å². The lowest BCUT2D eigenvalue weighted by Crippen LogP contribution is -2.35. The first-order chi connectivity index (χ1) is 7.22. The SMILES string of the molecule is C=C(C)C(=O)O.CCN(CC(C)O)C(=O)O. The molecule has 6 nitrogen and oxygen atoms in total. The molecule has 1 unspecified atom stereocenters. The van der Waals surface area contributed by atoms with E-state index < -0.39 is 18.2 Å². The third-order valence-corrected chi connectivity index (χ3v) is 1.50. The molecule has 0 aliphatic rings. The second kappa shape index (κ2) is 8.72. The summed E-state index contributed by atoms with van der Waals surface area (Å²) in [6, 6.07) is 0. The minimum atomic E-state index is -0.983. The first-order valence-electron chi connectivity index (χ1n) is 4.77. The van der Waals surface area contributed by atoms with Gasteiger partial charge < -0.3 is 20.2 Å². The number of amides is 1. The quantitative estimate of drug-likeness (QED) is 0.629. The highest BCUT2D eigenvalue weighted by atomic mass is 16.4. The van der Waals surface area contributed by atoms with Gasteiger partial charge in [-0.15, -0.1) is 0 Å². The Bertz CT molecular complexity index is 238. The summed E-state index contributed by atoms with van der Waals surface area (Å²) in [5, 5.41) is 25.1. The standard InChI is InChI=1S/C6H13NO3.C4H6O2/c1-3-7(6(9)10)4-5(2)8;1-3(2)4(5)6/h5,8H,3-4H2,1-2H3,(H,9,10);1H2,2H3,(H,5,6). The number of hydrogen-bond donors (Lipinski definition) is 3. The monoisotopic (exact) mass is 233 g/mol. The van der Waals surface area contributed by atoms with Gasteiger partial charge in [-0.05, 0) is 20.8 Å². The minimum absolute atomic E-state index is 0.176. The summed E-state index contributed by atoms with van der Waals surface area (Å²) < 4.78 is 0. The van der Waals surface area contributed by atoms with Crippen molar-refractivity contribution in [2.24, 2.45) is 0 Å². The lowest BCUT2D eigenvalue weighted by atomic mass is 10.4. The van der Waals surface area contributed by atoms with Gasteiger partial charge in [-0.1, -0.05) is 6.58 Å². The molecule has 1 atom stereocenters. The molecule has 0 bridgehead atoms. The Kier molecular flexibility index (Phi) is 9.19. The van der Waals surface area contributed by atoms with E-state index in [2.05, 4.69) is 6.58 Å². The summed E-state index contributed by atoms with van der Waals surface area (Å²) in [7, 11) is 0. The molecule has 0 rings (SSSR count). The highest BCUT2D eigenvalue weighted by Crippen LogP contribution is 1.91. The third kappa shape index (κ3) is 10.5. The first-order valence-corrected chi connectivity index (χ1v) is 4.77. The number of aliphatic carboxylic acids is 1. The molecule has 0 aliphatic heterocycles. The smallest absolute Gasteiger partial charge is 0.407 e. The van der Waals surface area contributed by atoms with Crippen LogP contribution in [-0.2, 0) is 4.79 Å². The molecule has 0 saturated heterocycles. The van der Waals surface area contributed by atoms with Crippen LogP contribution < -0.4 is 0 Å². The Morgan fingerprint density at radius 3 is 1.81 bits per heavy atom. The molecule has 94 valence electrons. The summed E-state index contributed by atoms with van der Waals surface area (Å²) in [5.41, 5.74) is 0.176. The number of likely N-dealkylation sites (N-methyl/N-ethyl adjacent to an activating group) is 1. The van der Waals surface area contributed by atoms with Crippen LogP contribution in [0.2, 0.25) is 0 Å². The maximum absolute atomic E-state index is 10.3. The fourth-order valence-corrected chi connectivity index (χ4v) is 0.661. The van der Waals surface area contributed by atoms with Crippen molar-refractivity contribution in [1.29, 1.82) is 0 Å². The molecule has 6 heteroatoms. The molecule has 0 aromatic carbocycles. The predicted molar refractivity (Wildman–Crippen MR) is 59.4 cm³/mol. The highest BCUT2D eigenvalue weighted by Gasteiger charge is 2.10. The van der Waals surface area contributed by atoms with Crippen molar-refractivity contribution in [2.75, 3.05) is 13.1 Å². The number of carboxylic acid groups (broad SMARTS) is 2. The molecule has 0 saturated carbocycles. The van der Waals surface area contributed by atoms with Crippen molar-refractivity contribution in [1.82, 2.24) is 4.90 Å². The van der Waals surface area contributed by atoms with Crippen molar-refractivity contribution in [2.45, 2.75) is 26.9 Å². The van der Waals surface area contributed by atoms with Crippen LogP contribution in [0.4, 0.5) is 4.79 Å². The van der Waals surface area contributed by atoms with Crippen LogP contribution in [0.1, 0.15) is 20.8 Å². The second-order valence-electron chi connectivity index (χ2n) is 3.26. The van der Waals surface area contributed by atoms with Crippen molar-refractivity contribution < 1.29 is 24.9 Å². The van der Waals surface area contributed by atoms with Gasteiger partial charge in [0.1, 0.15) is 0 Å². The van der Waals surface area contributed by atoms with E-state index in [1.165, 1.54) is 6.92 Å². The van der Waals surface area contributed by atoms with Gasteiger partial charge in [-0.25, -0.2) is 9.59 Å². The largest absolute Gasteiger partial charge is 0.478 e. The van der Waals surface area contributed by atoms with Crippen LogP contribution >= 0.6 is 0 Å². The van der Waals surface area contributed by atoms with Crippen molar-refractivity contribution >= 4 is 12.1 Å². The Hall–Kier alpha value is -1.56.